The summed E-state index contributed by atoms with van der Waals surface area (Å²) in [5.41, 5.74) is 9.29. The minimum Gasteiger partial charge on any atom is -0.369 e. The molecule has 0 amide bonds. The Morgan fingerprint density at radius 3 is 2.61 bits per heavy atom. The summed E-state index contributed by atoms with van der Waals surface area (Å²) in [6, 6.07) is 2.66. The van der Waals surface area contributed by atoms with Crippen LogP contribution in [0, 0.1) is 6.92 Å². The first kappa shape index (κ1) is 15.0. The van der Waals surface area contributed by atoms with Crippen LogP contribution >= 0.6 is 0 Å². The molecule has 0 aliphatic rings. The van der Waals surface area contributed by atoms with Crippen molar-refractivity contribution in [3.8, 4) is 0 Å². The first-order valence-corrected chi connectivity index (χ1v) is 7.02. The van der Waals surface area contributed by atoms with Gasteiger partial charge in [-0.1, -0.05) is 19.8 Å². The maximum absolute atomic E-state index is 5.83. The number of anilines is 1. The van der Waals surface area contributed by atoms with Gasteiger partial charge < -0.3 is 10.6 Å². The highest BCUT2D eigenvalue weighted by Gasteiger charge is 2.14. The Balaban J connectivity index is 2.93. The van der Waals surface area contributed by atoms with Gasteiger partial charge in [-0.05, 0) is 33.3 Å². The lowest BCUT2D eigenvalue weighted by molar-refractivity contribution is 0.623. The van der Waals surface area contributed by atoms with E-state index in [9.17, 15) is 0 Å². The second kappa shape index (κ2) is 7.37. The van der Waals surface area contributed by atoms with E-state index in [2.05, 4.69) is 36.7 Å². The Hall–Kier alpha value is -1.09. The number of aromatic nitrogens is 1. The summed E-state index contributed by atoms with van der Waals surface area (Å²) in [7, 11) is 0. The second-order valence-corrected chi connectivity index (χ2v) is 5.15. The fourth-order valence-corrected chi connectivity index (χ4v) is 2.19. The molecule has 102 valence electrons. The molecule has 3 heteroatoms. The molecule has 0 aromatic carbocycles. The van der Waals surface area contributed by atoms with Crippen molar-refractivity contribution in [1.29, 1.82) is 0 Å². The third-order valence-corrected chi connectivity index (χ3v) is 3.25. The van der Waals surface area contributed by atoms with Crippen LogP contribution < -0.4 is 10.6 Å². The third-order valence-electron chi connectivity index (χ3n) is 3.25. The van der Waals surface area contributed by atoms with Crippen LogP contribution in [0.4, 0.5) is 5.69 Å². The Morgan fingerprint density at radius 1 is 1.33 bits per heavy atom. The van der Waals surface area contributed by atoms with Crippen LogP contribution in [0.3, 0.4) is 0 Å². The quantitative estimate of drug-likeness (QED) is 0.754. The largest absolute Gasteiger partial charge is 0.369 e. The number of unbranched alkanes of at least 4 members (excludes halogenated alkanes) is 2. The first-order valence-electron chi connectivity index (χ1n) is 7.02. The fraction of sp³-hybridized carbons (Fsp3) is 0.667. The zero-order valence-corrected chi connectivity index (χ0v) is 12.2. The van der Waals surface area contributed by atoms with Crippen molar-refractivity contribution >= 4 is 5.69 Å². The van der Waals surface area contributed by atoms with E-state index in [4.69, 9.17) is 5.73 Å². The van der Waals surface area contributed by atoms with Gasteiger partial charge in [0.25, 0.3) is 0 Å². The minimum absolute atomic E-state index is 0.494. The molecule has 3 nitrogen and oxygen atoms in total. The molecule has 0 bridgehead atoms. The Labute approximate surface area is 111 Å². The number of aryl methyl sites for hydroxylation is 1. The molecule has 0 unspecified atom stereocenters. The predicted octanol–water partition coefficient (Wildman–Crippen LogP) is 3.25. The average molecular weight is 249 g/mol. The molecule has 0 aliphatic heterocycles. The molecule has 1 heterocycles. The van der Waals surface area contributed by atoms with Gasteiger partial charge in [0.05, 0.1) is 0 Å². The Morgan fingerprint density at radius 2 is 2.06 bits per heavy atom. The lowest BCUT2D eigenvalue weighted by atomic mass is 10.1. The van der Waals surface area contributed by atoms with E-state index in [0.29, 0.717) is 12.6 Å². The third kappa shape index (κ3) is 3.98. The summed E-state index contributed by atoms with van der Waals surface area (Å²) in [4.78, 5) is 6.79. The van der Waals surface area contributed by atoms with Gasteiger partial charge in [-0.25, -0.2) is 0 Å². The normalized spacial score (nSPS) is 11.0. The highest BCUT2D eigenvalue weighted by atomic mass is 15.2. The van der Waals surface area contributed by atoms with Crippen LogP contribution in [-0.4, -0.2) is 17.6 Å². The lowest BCUT2D eigenvalue weighted by Crippen LogP contribution is -2.33. The molecule has 0 saturated heterocycles. The van der Waals surface area contributed by atoms with Crippen molar-refractivity contribution < 1.29 is 0 Å². The molecule has 0 fully saturated rings. The summed E-state index contributed by atoms with van der Waals surface area (Å²) in [6.45, 7) is 10.4. The first-order chi connectivity index (χ1) is 8.60. The van der Waals surface area contributed by atoms with E-state index in [1.165, 1.54) is 24.9 Å². The number of rotatable bonds is 7. The van der Waals surface area contributed by atoms with Crippen LogP contribution in [0.2, 0.25) is 0 Å². The van der Waals surface area contributed by atoms with Gasteiger partial charge in [0.2, 0.25) is 0 Å². The van der Waals surface area contributed by atoms with Gasteiger partial charge >= 0.3 is 0 Å². The van der Waals surface area contributed by atoms with Crippen LogP contribution in [-0.2, 0) is 6.54 Å². The van der Waals surface area contributed by atoms with Crippen molar-refractivity contribution in [1.82, 2.24) is 4.98 Å². The van der Waals surface area contributed by atoms with Gasteiger partial charge in [-0.2, -0.15) is 0 Å². The van der Waals surface area contributed by atoms with E-state index in [1.54, 1.807) is 0 Å². The monoisotopic (exact) mass is 249 g/mol. The van der Waals surface area contributed by atoms with Gasteiger partial charge in [0.1, 0.15) is 0 Å². The van der Waals surface area contributed by atoms with E-state index in [0.717, 1.165) is 17.8 Å². The smallest absolute Gasteiger partial charge is 0.0447 e. The van der Waals surface area contributed by atoms with Crippen LogP contribution in [0.5, 0.6) is 0 Å². The number of hydrogen-bond acceptors (Lipinski definition) is 3. The molecule has 0 saturated carbocycles. The molecule has 18 heavy (non-hydrogen) atoms. The van der Waals surface area contributed by atoms with Gasteiger partial charge in [0.15, 0.2) is 0 Å². The molecular formula is C15H27N3. The predicted molar refractivity (Wildman–Crippen MR) is 78.9 cm³/mol. The highest BCUT2D eigenvalue weighted by molar-refractivity contribution is 5.54. The fourth-order valence-electron chi connectivity index (χ4n) is 2.19. The zero-order valence-electron chi connectivity index (χ0n) is 12.2. The maximum atomic E-state index is 5.83. The van der Waals surface area contributed by atoms with E-state index >= 15 is 0 Å². The summed E-state index contributed by atoms with van der Waals surface area (Å²) >= 11 is 0. The summed E-state index contributed by atoms with van der Waals surface area (Å²) in [5, 5.41) is 0. The van der Waals surface area contributed by atoms with Crippen molar-refractivity contribution in [3.63, 3.8) is 0 Å². The van der Waals surface area contributed by atoms with Crippen LogP contribution in [0.25, 0.3) is 0 Å². The highest BCUT2D eigenvalue weighted by Crippen LogP contribution is 2.23. The van der Waals surface area contributed by atoms with E-state index < -0.39 is 0 Å². The summed E-state index contributed by atoms with van der Waals surface area (Å²) in [6.07, 6.45) is 5.69. The molecule has 0 atom stereocenters. The average Bonchev–Trinajstić information content (AvgIpc) is 2.34. The summed E-state index contributed by atoms with van der Waals surface area (Å²) in [5.74, 6) is 0. The second-order valence-electron chi connectivity index (χ2n) is 5.15. The molecule has 0 radical (unpaired) electrons. The maximum Gasteiger partial charge on any atom is 0.0447 e. The standard InChI is InChI=1S/C15H27N3/c1-5-6-7-8-18(12(2)3)15-9-13(4)17-11-14(15)10-16/h9,11-12H,5-8,10,16H2,1-4H3. The molecule has 0 aliphatic carbocycles. The molecule has 2 N–H and O–H groups in total. The van der Waals surface area contributed by atoms with Crippen LogP contribution in [0.1, 0.15) is 51.3 Å². The number of nitrogens with two attached hydrogens (primary N) is 1. The van der Waals surface area contributed by atoms with Crippen molar-refractivity contribution in [2.24, 2.45) is 5.73 Å². The van der Waals surface area contributed by atoms with Gasteiger partial charge in [-0.15, -0.1) is 0 Å². The SMILES string of the molecule is CCCCCN(c1cc(C)ncc1CN)C(C)C. The Bertz CT molecular complexity index is 361. The number of hydrogen-bond donors (Lipinski definition) is 1. The molecule has 1 aromatic rings. The van der Waals surface area contributed by atoms with Crippen molar-refractivity contribution in [2.75, 3.05) is 11.4 Å². The number of pyridine rings is 1. The van der Waals surface area contributed by atoms with Gasteiger partial charge in [0, 0.05) is 42.3 Å². The number of nitrogens with zero attached hydrogens (tertiary/aromatic N) is 2. The lowest BCUT2D eigenvalue weighted by Gasteiger charge is -2.31. The molecular weight excluding hydrogens is 222 g/mol. The van der Waals surface area contributed by atoms with Crippen molar-refractivity contribution in [2.45, 2.75) is 59.5 Å². The Kier molecular flexibility index (Phi) is 6.13. The topological polar surface area (TPSA) is 42.2 Å². The molecule has 1 rings (SSSR count). The van der Waals surface area contributed by atoms with E-state index in [-0.39, 0.29) is 0 Å². The van der Waals surface area contributed by atoms with Crippen LogP contribution in [0.15, 0.2) is 12.3 Å². The molecule has 1 aromatic heterocycles. The molecule has 0 spiro atoms. The summed E-state index contributed by atoms with van der Waals surface area (Å²) < 4.78 is 0. The zero-order chi connectivity index (χ0) is 13.5. The van der Waals surface area contributed by atoms with Crippen molar-refractivity contribution in [3.05, 3.63) is 23.5 Å². The minimum atomic E-state index is 0.494. The van der Waals surface area contributed by atoms with E-state index in [1.807, 2.05) is 13.1 Å². The van der Waals surface area contributed by atoms with Gasteiger partial charge in [-0.3, -0.25) is 4.98 Å².